The molecule has 5 atom stereocenters. The van der Waals surface area contributed by atoms with Crippen molar-refractivity contribution in [3.8, 4) is 11.3 Å². The molecule has 2 aromatic rings. The summed E-state index contributed by atoms with van der Waals surface area (Å²) >= 11 is 0. The SMILES string of the molecule is OC1CCCCC1N1C[C@H]2C[C@H](Nc3ccc(-c4cc(F)cc(F)c4F)nn3)C[C@H]2C1. The van der Waals surface area contributed by atoms with Gasteiger partial charge in [0.25, 0.3) is 0 Å². The van der Waals surface area contributed by atoms with Gasteiger partial charge in [-0.15, -0.1) is 10.2 Å². The van der Waals surface area contributed by atoms with E-state index in [4.69, 9.17) is 0 Å². The maximum atomic E-state index is 14.0. The average Bonchev–Trinajstić information content (AvgIpc) is 3.30. The van der Waals surface area contributed by atoms with Crippen LogP contribution in [0.3, 0.4) is 0 Å². The van der Waals surface area contributed by atoms with Gasteiger partial charge in [0.2, 0.25) is 0 Å². The molecule has 3 fully saturated rings. The summed E-state index contributed by atoms with van der Waals surface area (Å²) in [6.07, 6.45) is 6.24. The highest BCUT2D eigenvalue weighted by Crippen LogP contribution is 2.41. The fourth-order valence-corrected chi connectivity index (χ4v) is 5.75. The second-order valence-corrected chi connectivity index (χ2v) is 9.26. The standard InChI is InChI=1S/C23H27F3N4O/c24-15-9-17(23(26)18(25)10-15)19-5-6-22(29-28-19)27-16-7-13-11-30(12-14(13)8-16)20-3-1-2-4-21(20)31/h5-6,9-10,13-14,16,20-21,31H,1-4,7-8,11-12H2,(H,27,29)/t13-,14+,16+,20?,21?. The third-order valence-electron chi connectivity index (χ3n) is 7.23. The maximum absolute atomic E-state index is 14.0. The lowest BCUT2D eigenvalue weighted by molar-refractivity contribution is 0.0273. The molecule has 2 unspecified atom stereocenters. The van der Waals surface area contributed by atoms with Crippen molar-refractivity contribution in [1.29, 1.82) is 0 Å². The van der Waals surface area contributed by atoms with Gasteiger partial charge in [-0.05, 0) is 55.7 Å². The van der Waals surface area contributed by atoms with E-state index in [9.17, 15) is 18.3 Å². The summed E-state index contributed by atoms with van der Waals surface area (Å²) in [6, 6.07) is 5.23. The zero-order valence-electron chi connectivity index (χ0n) is 17.3. The highest BCUT2D eigenvalue weighted by atomic mass is 19.2. The largest absolute Gasteiger partial charge is 0.391 e. The minimum Gasteiger partial charge on any atom is -0.391 e. The molecule has 2 aliphatic carbocycles. The molecule has 3 aliphatic rings. The Morgan fingerprint density at radius 2 is 1.71 bits per heavy atom. The van der Waals surface area contributed by atoms with Crippen molar-refractivity contribution in [1.82, 2.24) is 15.1 Å². The minimum absolute atomic E-state index is 0.0893. The van der Waals surface area contributed by atoms with Gasteiger partial charge in [-0.2, -0.15) is 0 Å². The van der Waals surface area contributed by atoms with Crippen LogP contribution in [-0.2, 0) is 0 Å². The number of fused-ring (bicyclic) bond motifs is 1. The number of hydrogen-bond acceptors (Lipinski definition) is 5. The van der Waals surface area contributed by atoms with E-state index in [1.807, 2.05) is 0 Å². The topological polar surface area (TPSA) is 61.3 Å². The van der Waals surface area contributed by atoms with Gasteiger partial charge in [0.1, 0.15) is 11.6 Å². The van der Waals surface area contributed by atoms with Gasteiger partial charge >= 0.3 is 0 Å². The zero-order chi connectivity index (χ0) is 21.5. The van der Waals surface area contributed by atoms with Crippen molar-refractivity contribution in [3.05, 3.63) is 41.7 Å². The summed E-state index contributed by atoms with van der Waals surface area (Å²) < 4.78 is 40.9. The number of benzene rings is 1. The Hall–Kier alpha value is -2.19. The lowest BCUT2D eigenvalue weighted by Gasteiger charge is -2.35. The fraction of sp³-hybridized carbons (Fsp3) is 0.565. The molecule has 0 bridgehead atoms. The quantitative estimate of drug-likeness (QED) is 0.716. The van der Waals surface area contributed by atoms with Crippen LogP contribution in [0.25, 0.3) is 11.3 Å². The summed E-state index contributed by atoms with van der Waals surface area (Å²) in [6.45, 7) is 2.08. The Bertz CT molecular complexity index is 927. The smallest absolute Gasteiger partial charge is 0.168 e. The van der Waals surface area contributed by atoms with Crippen molar-refractivity contribution in [2.45, 2.75) is 56.7 Å². The lowest BCUT2D eigenvalue weighted by atomic mass is 9.91. The van der Waals surface area contributed by atoms with Crippen LogP contribution in [0.1, 0.15) is 38.5 Å². The summed E-state index contributed by atoms with van der Waals surface area (Å²) in [5, 5.41) is 21.8. The van der Waals surface area contributed by atoms with Gasteiger partial charge in [0.15, 0.2) is 11.6 Å². The first kappa shape index (κ1) is 20.7. The Kier molecular flexibility index (Phi) is 5.60. The van der Waals surface area contributed by atoms with Crippen LogP contribution in [-0.4, -0.2) is 51.5 Å². The van der Waals surface area contributed by atoms with Crippen LogP contribution < -0.4 is 5.32 Å². The Morgan fingerprint density at radius 1 is 0.968 bits per heavy atom. The summed E-state index contributed by atoms with van der Waals surface area (Å²) in [7, 11) is 0. The maximum Gasteiger partial charge on any atom is 0.168 e. The summed E-state index contributed by atoms with van der Waals surface area (Å²) in [5.74, 6) is -1.43. The molecule has 1 aromatic carbocycles. The van der Waals surface area contributed by atoms with Gasteiger partial charge in [-0.1, -0.05) is 12.8 Å². The molecular formula is C23H27F3N4O. The number of nitrogens with zero attached hydrogens (tertiary/aromatic N) is 3. The van der Waals surface area contributed by atoms with Gasteiger partial charge in [-0.25, -0.2) is 13.2 Å². The van der Waals surface area contributed by atoms with Crippen molar-refractivity contribution >= 4 is 5.82 Å². The fourth-order valence-electron chi connectivity index (χ4n) is 5.75. The molecule has 1 saturated heterocycles. The highest BCUT2D eigenvalue weighted by Gasteiger charge is 2.44. The second-order valence-electron chi connectivity index (χ2n) is 9.26. The van der Waals surface area contributed by atoms with Crippen molar-refractivity contribution < 1.29 is 18.3 Å². The van der Waals surface area contributed by atoms with Crippen molar-refractivity contribution in [3.63, 3.8) is 0 Å². The molecule has 0 radical (unpaired) electrons. The van der Waals surface area contributed by atoms with E-state index < -0.39 is 17.5 Å². The first-order chi connectivity index (χ1) is 15.0. The van der Waals surface area contributed by atoms with E-state index in [0.717, 1.165) is 51.3 Å². The molecule has 2 heterocycles. The third kappa shape index (κ3) is 4.15. The molecule has 2 saturated carbocycles. The molecule has 166 valence electrons. The van der Waals surface area contributed by atoms with E-state index in [-0.39, 0.29) is 23.4 Å². The van der Waals surface area contributed by atoms with Crippen LogP contribution in [0.4, 0.5) is 19.0 Å². The number of aliphatic hydroxyl groups is 1. The highest BCUT2D eigenvalue weighted by molar-refractivity contribution is 5.60. The van der Waals surface area contributed by atoms with E-state index >= 15 is 0 Å². The number of aliphatic hydroxyl groups excluding tert-OH is 1. The average molecular weight is 432 g/mol. The van der Waals surface area contributed by atoms with E-state index in [1.54, 1.807) is 6.07 Å². The van der Waals surface area contributed by atoms with Crippen LogP contribution in [0, 0.1) is 29.3 Å². The first-order valence-corrected chi connectivity index (χ1v) is 11.1. The van der Waals surface area contributed by atoms with Crippen molar-refractivity contribution in [2.24, 2.45) is 11.8 Å². The second kappa shape index (κ2) is 8.39. The number of halogens is 3. The summed E-state index contributed by atoms with van der Waals surface area (Å²) in [4.78, 5) is 2.50. The van der Waals surface area contributed by atoms with Crippen LogP contribution in [0.2, 0.25) is 0 Å². The predicted octanol–water partition coefficient (Wildman–Crippen LogP) is 3.99. The molecule has 0 spiro atoms. The van der Waals surface area contributed by atoms with Crippen molar-refractivity contribution in [2.75, 3.05) is 18.4 Å². The van der Waals surface area contributed by atoms with Gasteiger partial charge in [-0.3, -0.25) is 4.90 Å². The number of aromatic nitrogens is 2. The Morgan fingerprint density at radius 3 is 2.39 bits per heavy atom. The monoisotopic (exact) mass is 432 g/mol. The van der Waals surface area contributed by atoms with E-state index in [0.29, 0.717) is 29.8 Å². The zero-order valence-corrected chi connectivity index (χ0v) is 17.3. The minimum atomic E-state index is -1.24. The number of likely N-dealkylation sites (tertiary alicyclic amines) is 1. The van der Waals surface area contributed by atoms with Crippen LogP contribution >= 0.6 is 0 Å². The van der Waals surface area contributed by atoms with E-state index in [2.05, 4.69) is 20.4 Å². The first-order valence-electron chi connectivity index (χ1n) is 11.1. The van der Waals surface area contributed by atoms with Crippen LogP contribution in [0.5, 0.6) is 0 Å². The number of nitrogens with one attached hydrogen (secondary N) is 1. The van der Waals surface area contributed by atoms with Crippen LogP contribution in [0.15, 0.2) is 24.3 Å². The molecule has 1 aliphatic heterocycles. The molecular weight excluding hydrogens is 405 g/mol. The number of hydrogen-bond donors (Lipinski definition) is 2. The van der Waals surface area contributed by atoms with Gasteiger partial charge in [0, 0.05) is 36.8 Å². The Balaban J connectivity index is 1.19. The molecule has 8 heteroatoms. The van der Waals surface area contributed by atoms with Gasteiger partial charge < -0.3 is 10.4 Å². The number of anilines is 1. The Labute approximate surface area is 179 Å². The summed E-state index contributed by atoms with van der Waals surface area (Å²) in [5.41, 5.74) is -0.150. The normalized spacial score (nSPS) is 31.0. The molecule has 2 N–H and O–H groups in total. The molecule has 31 heavy (non-hydrogen) atoms. The number of rotatable bonds is 4. The molecule has 5 nitrogen and oxygen atoms in total. The molecule has 0 amide bonds. The molecule has 5 rings (SSSR count). The molecule has 1 aromatic heterocycles. The van der Waals surface area contributed by atoms with E-state index in [1.165, 1.54) is 12.5 Å². The third-order valence-corrected chi connectivity index (χ3v) is 7.23. The predicted molar refractivity (Wildman–Crippen MR) is 111 cm³/mol. The van der Waals surface area contributed by atoms with Gasteiger partial charge in [0.05, 0.1) is 11.8 Å². The lowest BCUT2D eigenvalue weighted by Crippen LogP contribution is -2.45.